The average molecular weight is 524 g/mol. The standard InChI is InChI=1S/C11H17NO2S.C10H13Cl2NOS.C2H6/c1-14-11-5-3-10(4-6-11)9-15(13)8-2-7-12;11-9-3-2-8(6-10(9)12)7-15(14)5-1-4-13;1-2/h3-6H,2,7-9,12H2,1H3;2-3,6H,1,4-5,7,13H2;1-2H3. The smallest absolute Gasteiger partial charge is 0.118 e. The molecule has 2 rings (SSSR count). The summed E-state index contributed by atoms with van der Waals surface area (Å²) in [5.74, 6) is 3.26. The normalized spacial score (nSPS) is 12.0. The van der Waals surface area contributed by atoms with Gasteiger partial charge in [-0.3, -0.25) is 8.42 Å². The van der Waals surface area contributed by atoms with E-state index in [0.717, 1.165) is 29.7 Å². The van der Waals surface area contributed by atoms with Gasteiger partial charge in [-0.25, -0.2) is 0 Å². The van der Waals surface area contributed by atoms with Crippen molar-refractivity contribution in [2.75, 3.05) is 31.7 Å². The number of ether oxygens (including phenoxy) is 1. The van der Waals surface area contributed by atoms with Gasteiger partial charge in [0.15, 0.2) is 0 Å². The van der Waals surface area contributed by atoms with Crippen LogP contribution in [0, 0.1) is 0 Å². The second-order valence-corrected chi connectivity index (χ2v) is 10.4. The SMILES string of the molecule is CC.COc1ccc(CS(=O)CCCN)cc1.NCCCS(=O)Cc1ccc(Cl)c(Cl)c1. The highest BCUT2D eigenvalue weighted by molar-refractivity contribution is 7.84. The van der Waals surface area contributed by atoms with Crippen LogP contribution in [0.3, 0.4) is 0 Å². The maximum atomic E-state index is 11.6. The molecular weight excluding hydrogens is 487 g/mol. The van der Waals surface area contributed by atoms with E-state index in [9.17, 15) is 8.42 Å². The van der Waals surface area contributed by atoms with Gasteiger partial charge in [-0.1, -0.05) is 55.2 Å². The van der Waals surface area contributed by atoms with E-state index in [2.05, 4.69) is 0 Å². The Kier molecular flexibility index (Phi) is 18.9. The minimum absolute atomic E-state index is 0.505. The van der Waals surface area contributed by atoms with Crippen LogP contribution in [-0.4, -0.2) is 40.1 Å². The summed E-state index contributed by atoms with van der Waals surface area (Å²) in [6.07, 6.45) is 1.61. The fourth-order valence-corrected chi connectivity index (χ4v) is 5.06. The molecule has 0 aliphatic rings. The van der Waals surface area contributed by atoms with Crippen molar-refractivity contribution >= 4 is 44.8 Å². The average Bonchev–Trinajstić information content (AvgIpc) is 2.81. The van der Waals surface area contributed by atoms with E-state index >= 15 is 0 Å². The number of nitrogens with two attached hydrogens (primary N) is 2. The first-order chi connectivity index (χ1) is 15.4. The Morgan fingerprint density at radius 2 is 1.25 bits per heavy atom. The van der Waals surface area contributed by atoms with Gasteiger partial charge in [0, 0.05) is 44.6 Å². The third-order valence-electron chi connectivity index (χ3n) is 3.95. The molecule has 0 aromatic heterocycles. The maximum absolute atomic E-state index is 11.6. The molecule has 5 nitrogen and oxygen atoms in total. The summed E-state index contributed by atoms with van der Waals surface area (Å²) in [5.41, 5.74) is 12.7. The quantitative estimate of drug-likeness (QED) is 0.437. The molecule has 0 aliphatic heterocycles. The summed E-state index contributed by atoms with van der Waals surface area (Å²) >= 11 is 11.6. The molecule has 0 saturated carbocycles. The fourth-order valence-electron chi connectivity index (χ4n) is 2.36. The third kappa shape index (κ3) is 14.2. The molecule has 182 valence electrons. The van der Waals surface area contributed by atoms with Crippen molar-refractivity contribution in [2.45, 2.75) is 38.2 Å². The molecule has 0 bridgehead atoms. The van der Waals surface area contributed by atoms with Crippen molar-refractivity contribution in [2.24, 2.45) is 11.5 Å². The summed E-state index contributed by atoms with van der Waals surface area (Å²) in [4.78, 5) is 0. The van der Waals surface area contributed by atoms with Gasteiger partial charge in [-0.2, -0.15) is 0 Å². The highest BCUT2D eigenvalue weighted by Gasteiger charge is 2.04. The summed E-state index contributed by atoms with van der Waals surface area (Å²) in [6, 6.07) is 13.0. The number of rotatable bonds is 11. The van der Waals surface area contributed by atoms with Crippen molar-refractivity contribution in [3.8, 4) is 5.75 Å². The van der Waals surface area contributed by atoms with E-state index in [1.54, 1.807) is 19.2 Å². The Hall–Kier alpha value is -0.960. The first-order valence-corrected chi connectivity index (χ1v) is 14.3. The number of hydrogen-bond acceptors (Lipinski definition) is 5. The Labute approximate surface area is 208 Å². The van der Waals surface area contributed by atoms with Crippen LogP contribution in [0.4, 0.5) is 0 Å². The number of benzene rings is 2. The second-order valence-electron chi connectivity index (χ2n) is 6.46. The van der Waals surface area contributed by atoms with Gasteiger partial charge in [0.1, 0.15) is 5.75 Å². The molecule has 0 aliphatic carbocycles. The van der Waals surface area contributed by atoms with Crippen LogP contribution in [0.2, 0.25) is 10.0 Å². The summed E-state index contributed by atoms with van der Waals surface area (Å²) in [5, 5.41) is 1.03. The van der Waals surface area contributed by atoms with Gasteiger partial charge in [0.2, 0.25) is 0 Å². The van der Waals surface area contributed by atoms with Crippen molar-refractivity contribution in [3.63, 3.8) is 0 Å². The predicted molar refractivity (Wildman–Crippen MR) is 142 cm³/mol. The van der Waals surface area contributed by atoms with Crippen LogP contribution in [0.25, 0.3) is 0 Å². The van der Waals surface area contributed by atoms with Gasteiger partial charge in [0.05, 0.1) is 17.2 Å². The number of hydrogen-bond donors (Lipinski definition) is 2. The van der Waals surface area contributed by atoms with Crippen LogP contribution in [0.1, 0.15) is 37.8 Å². The predicted octanol–water partition coefficient (Wildman–Crippen LogP) is 4.91. The minimum atomic E-state index is -0.867. The molecule has 2 atom stereocenters. The van der Waals surface area contributed by atoms with Gasteiger partial charge in [-0.05, 0) is 61.3 Å². The first kappa shape index (κ1) is 31.0. The van der Waals surface area contributed by atoms with E-state index in [4.69, 9.17) is 39.4 Å². The molecule has 4 N–H and O–H groups in total. The van der Waals surface area contributed by atoms with Crippen LogP contribution in [0.15, 0.2) is 42.5 Å². The van der Waals surface area contributed by atoms with Crippen molar-refractivity contribution in [1.29, 1.82) is 0 Å². The van der Waals surface area contributed by atoms with E-state index < -0.39 is 21.6 Å². The largest absolute Gasteiger partial charge is 0.497 e. The van der Waals surface area contributed by atoms with Crippen LogP contribution < -0.4 is 16.2 Å². The Balaban J connectivity index is 0.000000557. The van der Waals surface area contributed by atoms with E-state index in [0.29, 0.717) is 46.1 Å². The summed E-state index contributed by atoms with van der Waals surface area (Å²) < 4.78 is 28.1. The monoisotopic (exact) mass is 522 g/mol. The van der Waals surface area contributed by atoms with Gasteiger partial charge in [0.25, 0.3) is 0 Å². The molecule has 0 heterocycles. The molecule has 2 unspecified atom stereocenters. The Morgan fingerprint density at radius 3 is 1.69 bits per heavy atom. The van der Waals surface area contributed by atoms with Gasteiger partial charge in [-0.15, -0.1) is 0 Å². The van der Waals surface area contributed by atoms with Crippen molar-refractivity contribution < 1.29 is 13.2 Å². The Morgan fingerprint density at radius 1 is 0.781 bits per heavy atom. The van der Waals surface area contributed by atoms with Crippen LogP contribution in [0.5, 0.6) is 5.75 Å². The number of methoxy groups -OCH3 is 1. The van der Waals surface area contributed by atoms with Gasteiger partial charge < -0.3 is 16.2 Å². The zero-order valence-electron chi connectivity index (χ0n) is 19.2. The molecule has 9 heteroatoms. The van der Waals surface area contributed by atoms with Gasteiger partial charge >= 0.3 is 0 Å². The van der Waals surface area contributed by atoms with Crippen LogP contribution >= 0.6 is 23.2 Å². The molecule has 0 saturated heterocycles. The summed E-state index contributed by atoms with van der Waals surface area (Å²) in [7, 11) is -0.0344. The molecular formula is C23H36Cl2N2O3S2. The van der Waals surface area contributed by atoms with Crippen molar-refractivity contribution in [1.82, 2.24) is 0 Å². The zero-order chi connectivity index (χ0) is 24.4. The minimum Gasteiger partial charge on any atom is -0.497 e. The first-order valence-electron chi connectivity index (χ1n) is 10.6. The lowest BCUT2D eigenvalue weighted by Crippen LogP contribution is -2.07. The zero-order valence-corrected chi connectivity index (χ0v) is 22.3. The molecule has 0 spiro atoms. The van der Waals surface area contributed by atoms with E-state index in [1.807, 2.05) is 44.2 Å². The second kappa shape index (κ2) is 19.5. The third-order valence-corrected chi connectivity index (χ3v) is 7.49. The lowest BCUT2D eigenvalue weighted by Gasteiger charge is -2.03. The van der Waals surface area contributed by atoms with Crippen LogP contribution in [-0.2, 0) is 33.1 Å². The lowest BCUT2D eigenvalue weighted by molar-refractivity contribution is 0.414. The van der Waals surface area contributed by atoms with E-state index in [1.165, 1.54) is 0 Å². The lowest BCUT2D eigenvalue weighted by atomic mass is 10.2. The fraction of sp³-hybridized carbons (Fsp3) is 0.478. The van der Waals surface area contributed by atoms with Crippen molar-refractivity contribution in [3.05, 3.63) is 63.6 Å². The molecule has 32 heavy (non-hydrogen) atoms. The number of halogens is 2. The maximum Gasteiger partial charge on any atom is 0.118 e. The highest BCUT2D eigenvalue weighted by atomic mass is 35.5. The Bertz CT molecular complexity index is 806. The highest BCUT2D eigenvalue weighted by Crippen LogP contribution is 2.23. The van der Waals surface area contributed by atoms with E-state index in [-0.39, 0.29) is 0 Å². The molecule has 0 radical (unpaired) electrons. The molecule has 2 aromatic carbocycles. The molecule has 2 aromatic rings. The molecule has 0 amide bonds. The summed E-state index contributed by atoms with van der Waals surface area (Å²) in [6.45, 7) is 5.18. The topological polar surface area (TPSA) is 95.4 Å². The molecule has 0 fully saturated rings.